The molecule has 0 N–H and O–H groups in total. The highest BCUT2D eigenvalue weighted by Gasteiger charge is 2.52. The second-order valence-electron chi connectivity index (χ2n) is 30.6. The Kier molecular flexibility index (Phi) is 21.1. The average molecular weight is 1610 g/mol. The first kappa shape index (κ1) is 79.2. The molecule has 17 aromatic carbocycles. The van der Waals surface area contributed by atoms with Crippen LogP contribution in [0.5, 0.6) is 11.5 Å². The number of aryl methyl sites for hydroxylation is 3. The van der Waals surface area contributed by atoms with Crippen LogP contribution >= 0.6 is 0 Å². The number of hydrogen-bond donors (Lipinski definition) is 0. The van der Waals surface area contributed by atoms with E-state index in [9.17, 15) is 43.2 Å². The second-order valence-corrected chi connectivity index (χ2v) is 33.6. The Hall–Kier alpha value is -12.6. The highest BCUT2D eigenvalue weighted by Crippen LogP contribution is 2.45. The normalized spacial score (nSPS) is 13.5. The first-order chi connectivity index (χ1) is 56.4. The van der Waals surface area contributed by atoms with Gasteiger partial charge in [-0.05, 0) is 303 Å². The maximum Gasteiger partial charge on any atom is 0.534 e. The van der Waals surface area contributed by atoms with Gasteiger partial charge in [0.15, 0.2) is 0 Å². The summed E-state index contributed by atoms with van der Waals surface area (Å²) < 4.78 is 143. The minimum absolute atomic E-state index is 0.0819. The van der Waals surface area contributed by atoms with E-state index in [1.807, 2.05) is 6.07 Å². The topological polar surface area (TPSA) is 105 Å². The molecule has 586 valence electrons. The molecule has 0 saturated carbocycles. The molecule has 8 nitrogen and oxygen atoms in total. The molecule has 18 rings (SSSR count). The standard InChI is InChI=1S/C56H40.C25H27BO2.C20H10F6O6S2/c1-37-23-25-43(33-53(37)47-19-11-17-41(31-47)39-13-5-3-6-14-39)45-27-29-51-49-21-9-10-22-50(49)52-30-28-46(36-56(52)55(51)35-45)44-26-24-38(2)54(34-44)48-20-12-18-42(32-48)40-15-7-4-8-16-40;1-18-14-15-22(26-27-24(2,3)25(4,5)28-26)17-23(18)21-13-9-12-20(16-21)19-10-7-6-8-11-19;21-19(22,23)33(27,28)31-11-5-7-15-13-3-1-2-4-14(13)16-8-6-12(10-18(16)17(15)9-11)32-34(29,30)20(24,25)26/h3-36H,1-2H3;6-17H,1-5H3;1-10H. The van der Waals surface area contributed by atoms with Gasteiger partial charge in [-0.1, -0.05) is 261 Å². The zero-order valence-electron chi connectivity index (χ0n) is 65.3. The molecule has 0 aromatic heterocycles. The fourth-order valence-corrected chi connectivity index (χ4v) is 16.4. The monoisotopic (exact) mass is 1610 g/mol. The third-order valence-corrected chi connectivity index (χ3v) is 24.3. The van der Waals surface area contributed by atoms with Crippen LogP contribution in [0.2, 0.25) is 0 Å². The maximum atomic E-state index is 12.7. The number of halogens is 6. The van der Waals surface area contributed by atoms with Crippen LogP contribution < -0.4 is 13.8 Å². The lowest BCUT2D eigenvalue weighted by atomic mass is 9.77. The maximum absolute atomic E-state index is 12.7. The fourth-order valence-electron chi connectivity index (χ4n) is 15.5. The SMILES string of the molecule is Cc1ccc(-c2ccc3c4ccccc4c4ccc(-c5ccc(C)c(-c6cccc(-c7ccccc7)c6)c5)cc4c3c2)cc1-c1cccc(-c2ccccc2)c1.Cc1ccc(B2OC(C)(C)C(C)(C)O2)cc1-c1cccc(-c2ccccc2)c1.O=S(=O)(Oc1ccc2c3ccccc3c3ccc(OS(=O)(=O)C(F)(F)F)cc3c2c1)C(F)(F)F. The summed E-state index contributed by atoms with van der Waals surface area (Å²) in [5, 5.41) is 9.78. The van der Waals surface area contributed by atoms with Gasteiger partial charge in [0.1, 0.15) is 11.5 Å². The fraction of sp³-hybridized carbons (Fsp3) is 0.109. The Morgan fingerprint density at radius 3 is 0.847 bits per heavy atom. The van der Waals surface area contributed by atoms with Gasteiger partial charge in [0.2, 0.25) is 0 Å². The summed E-state index contributed by atoms with van der Waals surface area (Å²) in [6.07, 6.45) is 0. The largest absolute Gasteiger partial charge is 0.534 e. The van der Waals surface area contributed by atoms with Gasteiger partial charge >= 0.3 is 38.4 Å². The van der Waals surface area contributed by atoms with Crippen molar-refractivity contribution in [3.8, 4) is 101 Å². The molecule has 0 radical (unpaired) electrons. The molecule has 0 unspecified atom stereocenters. The molecule has 0 spiro atoms. The minimum Gasteiger partial charge on any atom is -0.399 e. The molecule has 0 bridgehead atoms. The number of rotatable bonds is 13. The average Bonchev–Trinajstić information content (AvgIpc) is 1.02. The Labute approximate surface area is 681 Å². The van der Waals surface area contributed by atoms with Crippen LogP contribution in [0.1, 0.15) is 44.4 Å². The van der Waals surface area contributed by atoms with E-state index in [1.165, 1.54) is 150 Å². The van der Waals surface area contributed by atoms with E-state index in [4.69, 9.17) is 9.31 Å². The van der Waals surface area contributed by atoms with Crippen molar-refractivity contribution in [1.29, 1.82) is 0 Å². The van der Waals surface area contributed by atoms with Crippen LogP contribution in [0.25, 0.3) is 154 Å². The van der Waals surface area contributed by atoms with E-state index in [1.54, 1.807) is 24.3 Å². The highest BCUT2D eigenvalue weighted by molar-refractivity contribution is 7.88. The molecule has 0 atom stereocenters. The molecule has 1 saturated heterocycles. The van der Waals surface area contributed by atoms with Gasteiger partial charge in [0.05, 0.1) is 11.2 Å². The van der Waals surface area contributed by atoms with E-state index < -0.39 is 42.8 Å². The van der Waals surface area contributed by atoms with Crippen molar-refractivity contribution in [2.45, 2.75) is 70.7 Å². The van der Waals surface area contributed by atoms with Crippen LogP contribution in [0.3, 0.4) is 0 Å². The first-order valence-electron chi connectivity index (χ1n) is 38.4. The van der Waals surface area contributed by atoms with Gasteiger partial charge in [0, 0.05) is 0 Å². The third-order valence-electron chi connectivity index (χ3n) is 22.4. The van der Waals surface area contributed by atoms with Gasteiger partial charge in [-0.25, -0.2) is 0 Å². The van der Waals surface area contributed by atoms with Crippen LogP contribution in [0.15, 0.2) is 340 Å². The summed E-state index contributed by atoms with van der Waals surface area (Å²) in [6.45, 7) is 14.9. The number of alkyl halides is 6. The predicted octanol–water partition coefficient (Wildman–Crippen LogP) is 27.0. The van der Waals surface area contributed by atoms with Gasteiger partial charge in [-0.2, -0.15) is 43.2 Å². The van der Waals surface area contributed by atoms with Crippen molar-refractivity contribution < 1.29 is 60.9 Å². The molecule has 0 aliphatic carbocycles. The second kappa shape index (κ2) is 31.4. The Morgan fingerprint density at radius 1 is 0.254 bits per heavy atom. The zero-order chi connectivity index (χ0) is 82.6. The summed E-state index contributed by atoms with van der Waals surface area (Å²) >= 11 is 0. The molecular weight excluding hydrogens is 1530 g/mol. The van der Waals surface area contributed by atoms with E-state index in [2.05, 4.69) is 330 Å². The van der Waals surface area contributed by atoms with E-state index >= 15 is 0 Å². The molecule has 1 aliphatic rings. The van der Waals surface area contributed by atoms with Crippen LogP contribution in [0.4, 0.5) is 26.3 Å². The molecule has 1 fully saturated rings. The Bertz CT molecular complexity index is 6650. The predicted molar refractivity (Wildman–Crippen MR) is 469 cm³/mol. The number of benzene rings is 17. The van der Waals surface area contributed by atoms with Gasteiger partial charge in [0.25, 0.3) is 0 Å². The van der Waals surface area contributed by atoms with E-state index in [-0.39, 0.29) is 29.1 Å². The summed E-state index contributed by atoms with van der Waals surface area (Å²) in [7, 11) is -12.3. The molecule has 1 heterocycles. The molecule has 0 amide bonds. The quantitative estimate of drug-likeness (QED) is 0.0370. The molecule has 1 aliphatic heterocycles. The smallest absolute Gasteiger partial charge is 0.399 e. The number of fused-ring (bicyclic) bond motifs is 12. The van der Waals surface area contributed by atoms with Gasteiger partial charge in [-0.3, -0.25) is 0 Å². The van der Waals surface area contributed by atoms with Gasteiger partial charge < -0.3 is 17.7 Å². The molecule has 17 heteroatoms. The lowest BCUT2D eigenvalue weighted by molar-refractivity contribution is -0.0504. The summed E-state index contributed by atoms with van der Waals surface area (Å²) in [6, 6.07) is 115. The van der Waals surface area contributed by atoms with Crippen LogP contribution in [0, 0.1) is 20.8 Å². The van der Waals surface area contributed by atoms with E-state index in [0.717, 1.165) is 29.7 Å². The Balaban J connectivity index is 0.000000143. The van der Waals surface area contributed by atoms with Crippen molar-refractivity contribution in [1.82, 2.24) is 0 Å². The third kappa shape index (κ3) is 15.9. The summed E-state index contributed by atoms with van der Waals surface area (Å²) in [5.74, 6) is -1.42. The van der Waals surface area contributed by atoms with Crippen LogP contribution in [-0.4, -0.2) is 46.2 Å². The minimum atomic E-state index is -5.99. The van der Waals surface area contributed by atoms with Crippen molar-refractivity contribution in [2.24, 2.45) is 0 Å². The van der Waals surface area contributed by atoms with E-state index in [0.29, 0.717) is 21.5 Å². The molecular formula is C101H77BF6O8S2. The van der Waals surface area contributed by atoms with Crippen molar-refractivity contribution >= 4 is 97.5 Å². The Morgan fingerprint density at radius 2 is 0.508 bits per heavy atom. The molecule has 17 aromatic rings. The molecule has 118 heavy (non-hydrogen) atoms. The van der Waals surface area contributed by atoms with Crippen molar-refractivity contribution in [3.63, 3.8) is 0 Å². The van der Waals surface area contributed by atoms with Gasteiger partial charge in [-0.15, -0.1) is 0 Å². The van der Waals surface area contributed by atoms with Crippen LogP contribution in [-0.2, 0) is 29.5 Å². The summed E-state index contributed by atoms with van der Waals surface area (Å²) in [5.41, 5.74) is 12.4. The lowest BCUT2D eigenvalue weighted by Gasteiger charge is -2.32. The summed E-state index contributed by atoms with van der Waals surface area (Å²) in [4.78, 5) is 0. The highest BCUT2D eigenvalue weighted by atomic mass is 32.2. The van der Waals surface area contributed by atoms with Crippen molar-refractivity contribution in [2.75, 3.05) is 0 Å². The van der Waals surface area contributed by atoms with Crippen molar-refractivity contribution in [3.05, 3.63) is 356 Å². The number of hydrogen-bond acceptors (Lipinski definition) is 8. The first-order valence-corrected chi connectivity index (χ1v) is 41.2. The lowest BCUT2D eigenvalue weighted by Crippen LogP contribution is -2.41. The zero-order valence-corrected chi connectivity index (χ0v) is 66.9.